The number of nitrogens with zero attached hydrogens (tertiary/aromatic N) is 2. The second-order valence-electron chi connectivity index (χ2n) is 10.00. The Balaban J connectivity index is 2.38. The molecule has 33 heavy (non-hydrogen) atoms. The lowest BCUT2D eigenvalue weighted by atomic mass is 10.0. The first-order chi connectivity index (χ1) is 15.3. The highest BCUT2D eigenvalue weighted by Gasteiger charge is 2.27. The number of halogens is 1. The summed E-state index contributed by atoms with van der Waals surface area (Å²) >= 11 is 0. The van der Waals surface area contributed by atoms with Crippen molar-refractivity contribution in [3.8, 4) is 0 Å². The van der Waals surface area contributed by atoms with Crippen molar-refractivity contribution in [2.45, 2.75) is 59.7 Å². The molecule has 0 aliphatic heterocycles. The zero-order valence-electron chi connectivity index (χ0n) is 21.0. The summed E-state index contributed by atoms with van der Waals surface area (Å²) in [5, 5.41) is 5.91. The minimum absolute atomic E-state index is 0.00657. The van der Waals surface area contributed by atoms with Gasteiger partial charge in [-0.2, -0.15) is 0 Å². The minimum Gasteiger partial charge on any atom is -0.377 e. The van der Waals surface area contributed by atoms with Crippen LogP contribution >= 0.6 is 0 Å². The van der Waals surface area contributed by atoms with E-state index in [-0.39, 0.29) is 29.1 Å². The normalized spacial score (nSPS) is 12.3. The van der Waals surface area contributed by atoms with E-state index < -0.39 is 11.7 Å². The van der Waals surface area contributed by atoms with E-state index >= 15 is 0 Å². The van der Waals surface area contributed by atoms with E-state index in [2.05, 4.69) is 24.5 Å². The van der Waals surface area contributed by atoms with Crippen LogP contribution in [0.3, 0.4) is 0 Å². The molecule has 0 fully saturated rings. The summed E-state index contributed by atoms with van der Waals surface area (Å²) in [4.78, 5) is 29.6. The number of carbonyl (C=O) groups is 2. The third-order valence-corrected chi connectivity index (χ3v) is 5.45. The Morgan fingerprint density at radius 1 is 1.03 bits per heavy atom. The quantitative estimate of drug-likeness (QED) is 0.578. The zero-order chi connectivity index (χ0) is 24.9. The molecule has 0 radical (unpaired) electrons. The Kier molecular flexibility index (Phi) is 8.47. The number of carbonyl (C=O) groups excluding carboxylic acids is 2. The molecule has 0 saturated carbocycles. The van der Waals surface area contributed by atoms with Gasteiger partial charge in [-0.1, -0.05) is 19.9 Å². The number of urea groups is 1. The number of nitrogens with one attached hydrogen (secondary N) is 2. The van der Waals surface area contributed by atoms with Gasteiger partial charge in [-0.3, -0.25) is 4.79 Å². The van der Waals surface area contributed by atoms with Gasteiger partial charge in [-0.15, -0.1) is 0 Å². The molecule has 0 aliphatic carbocycles. The van der Waals surface area contributed by atoms with Crippen molar-refractivity contribution >= 4 is 23.3 Å². The molecule has 0 saturated heterocycles. The summed E-state index contributed by atoms with van der Waals surface area (Å²) in [5.41, 5.74) is 2.31. The molecular formula is C26H37FN4O2. The van der Waals surface area contributed by atoms with Crippen LogP contribution in [0.2, 0.25) is 0 Å². The topological polar surface area (TPSA) is 64.7 Å². The van der Waals surface area contributed by atoms with Crippen molar-refractivity contribution in [1.29, 1.82) is 0 Å². The van der Waals surface area contributed by atoms with Gasteiger partial charge in [0.2, 0.25) is 0 Å². The van der Waals surface area contributed by atoms with Gasteiger partial charge in [0.25, 0.3) is 5.91 Å². The molecule has 180 valence electrons. The maximum atomic E-state index is 13.5. The van der Waals surface area contributed by atoms with E-state index in [0.717, 1.165) is 11.3 Å². The SMILES string of the molecule is CC(C)[C@@H](C)N(Cc1cc(NC(=O)c2cccc(F)c2)ccc1N(C)C)C(=O)NC(C)(C)C. The first-order valence-electron chi connectivity index (χ1n) is 11.2. The van der Waals surface area contributed by atoms with E-state index in [1.165, 1.54) is 18.2 Å². The van der Waals surface area contributed by atoms with Crippen LogP contribution in [0, 0.1) is 11.7 Å². The molecule has 1 atom stereocenters. The Morgan fingerprint density at radius 3 is 2.24 bits per heavy atom. The average molecular weight is 457 g/mol. The van der Waals surface area contributed by atoms with E-state index in [4.69, 9.17) is 0 Å². The third kappa shape index (κ3) is 7.48. The zero-order valence-corrected chi connectivity index (χ0v) is 21.0. The van der Waals surface area contributed by atoms with Gasteiger partial charge in [0.1, 0.15) is 5.82 Å². The van der Waals surface area contributed by atoms with Crippen molar-refractivity contribution in [2.75, 3.05) is 24.3 Å². The molecular weight excluding hydrogens is 419 g/mol. The highest BCUT2D eigenvalue weighted by atomic mass is 19.1. The molecule has 3 amide bonds. The molecule has 7 heteroatoms. The van der Waals surface area contributed by atoms with Gasteiger partial charge in [0.05, 0.1) is 0 Å². The fourth-order valence-corrected chi connectivity index (χ4v) is 3.40. The van der Waals surface area contributed by atoms with Gasteiger partial charge in [0.15, 0.2) is 0 Å². The third-order valence-electron chi connectivity index (χ3n) is 5.45. The Morgan fingerprint density at radius 2 is 1.70 bits per heavy atom. The lowest BCUT2D eigenvalue weighted by Gasteiger charge is -2.35. The molecule has 2 rings (SSSR count). The maximum absolute atomic E-state index is 13.5. The highest BCUT2D eigenvalue weighted by Crippen LogP contribution is 2.27. The van der Waals surface area contributed by atoms with Crippen LogP contribution in [0.15, 0.2) is 42.5 Å². The number of amides is 3. The summed E-state index contributed by atoms with van der Waals surface area (Å²) in [5.74, 6) is -0.597. The molecule has 0 aromatic heterocycles. The first kappa shape index (κ1) is 26.2. The van der Waals surface area contributed by atoms with E-state index in [1.807, 2.05) is 69.8 Å². The number of benzene rings is 2. The van der Waals surface area contributed by atoms with Gasteiger partial charge in [-0.25, -0.2) is 9.18 Å². The summed E-state index contributed by atoms with van der Waals surface area (Å²) in [6, 6.07) is 11.0. The van der Waals surface area contributed by atoms with Gasteiger partial charge in [0, 0.05) is 49.2 Å². The molecule has 0 heterocycles. The average Bonchev–Trinajstić information content (AvgIpc) is 2.70. The Labute approximate surface area is 197 Å². The smallest absolute Gasteiger partial charge is 0.318 e. The van der Waals surface area contributed by atoms with Gasteiger partial charge >= 0.3 is 6.03 Å². The van der Waals surface area contributed by atoms with Crippen LogP contribution in [-0.4, -0.2) is 42.5 Å². The van der Waals surface area contributed by atoms with Crippen LogP contribution in [-0.2, 0) is 6.54 Å². The summed E-state index contributed by atoms with van der Waals surface area (Å²) in [6.07, 6.45) is 0. The van der Waals surface area contributed by atoms with Crippen LogP contribution in [0.1, 0.15) is 57.5 Å². The highest BCUT2D eigenvalue weighted by molar-refractivity contribution is 6.04. The molecule has 2 N–H and O–H groups in total. The molecule has 0 aliphatic rings. The fourth-order valence-electron chi connectivity index (χ4n) is 3.40. The van der Waals surface area contributed by atoms with Crippen LogP contribution < -0.4 is 15.5 Å². The molecule has 2 aromatic rings. The van der Waals surface area contributed by atoms with Gasteiger partial charge in [-0.05, 0) is 75.6 Å². The van der Waals surface area contributed by atoms with E-state index in [9.17, 15) is 14.0 Å². The summed E-state index contributed by atoms with van der Waals surface area (Å²) in [6.45, 7) is 12.5. The van der Waals surface area contributed by atoms with Crippen molar-refractivity contribution in [2.24, 2.45) is 5.92 Å². The monoisotopic (exact) mass is 456 g/mol. The number of hydrogen-bond acceptors (Lipinski definition) is 3. The number of hydrogen-bond donors (Lipinski definition) is 2. The predicted molar refractivity (Wildman–Crippen MR) is 133 cm³/mol. The summed E-state index contributed by atoms with van der Waals surface area (Å²) < 4.78 is 13.5. The standard InChI is InChI=1S/C26H37FN4O2/c1-17(2)18(3)31(25(33)29-26(4,5)6)16-20-15-22(12-13-23(20)30(7)8)28-24(32)19-10-9-11-21(27)14-19/h9-15,17-18H,16H2,1-8H3,(H,28,32)(H,29,33)/t18-/m1/s1. The van der Waals surface area contributed by atoms with Gasteiger partial charge < -0.3 is 20.4 Å². The predicted octanol–water partition coefficient (Wildman–Crippen LogP) is 5.50. The molecule has 2 aromatic carbocycles. The molecule has 0 spiro atoms. The van der Waals surface area contributed by atoms with Crippen LogP contribution in [0.25, 0.3) is 0 Å². The van der Waals surface area contributed by atoms with Crippen LogP contribution in [0.4, 0.5) is 20.6 Å². The largest absolute Gasteiger partial charge is 0.377 e. The lowest BCUT2D eigenvalue weighted by molar-refractivity contribution is 0.102. The Bertz CT molecular complexity index is 982. The summed E-state index contributed by atoms with van der Waals surface area (Å²) in [7, 11) is 3.88. The van der Waals surface area contributed by atoms with Crippen molar-refractivity contribution in [3.05, 3.63) is 59.4 Å². The minimum atomic E-state index is -0.463. The fraction of sp³-hybridized carbons (Fsp3) is 0.462. The second kappa shape index (κ2) is 10.7. The van der Waals surface area contributed by atoms with E-state index in [1.54, 1.807) is 6.07 Å². The van der Waals surface area contributed by atoms with Crippen molar-refractivity contribution < 1.29 is 14.0 Å². The lowest BCUT2D eigenvalue weighted by Crippen LogP contribution is -2.52. The van der Waals surface area contributed by atoms with Crippen molar-refractivity contribution in [3.63, 3.8) is 0 Å². The molecule has 0 unspecified atom stereocenters. The maximum Gasteiger partial charge on any atom is 0.318 e. The number of rotatable bonds is 7. The molecule has 6 nitrogen and oxygen atoms in total. The Hall–Kier alpha value is -3.09. The second-order valence-corrected chi connectivity index (χ2v) is 10.00. The number of anilines is 2. The van der Waals surface area contributed by atoms with Crippen LogP contribution in [0.5, 0.6) is 0 Å². The van der Waals surface area contributed by atoms with Crippen molar-refractivity contribution in [1.82, 2.24) is 10.2 Å². The van der Waals surface area contributed by atoms with E-state index in [0.29, 0.717) is 12.2 Å². The molecule has 0 bridgehead atoms. The first-order valence-corrected chi connectivity index (χ1v) is 11.2.